The zero-order chi connectivity index (χ0) is 19.1. The molecule has 1 aromatic carbocycles. The summed E-state index contributed by atoms with van der Waals surface area (Å²) < 4.78 is 5.00. The van der Waals surface area contributed by atoms with Crippen molar-refractivity contribution in [2.45, 2.75) is 33.2 Å². The lowest BCUT2D eigenvalue weighted by Crippen LogP contribution is -2.31. The number of benzene rings is 1. The number of nitrogens with one attached hydrogen (secondary N) is 1. The van der Waals surface area contributed by atoms with Crippen molar-refractivity contribution in [1.29, 1.82) is 0 Å². The fraction of sp³-hybridized carbons (Fsp3) is 0.350. The van der Waals surface area contributed by atoms with Crippen LogP contribution < -0.4 is 5.32 Å². The van der Waals surface area contributed by atoms with Crippen LogP contribution in [0, 0.1) is 5.92 Å². The molecule has 0 spiro atoms. The van der Waals surface area contributed by atoms with Gasteiger partial charge in [-0.15, -0.1) is 0 Å². The topological polar surface area (TPSA) is 68.3 Å². The third-order valence-electron chi connectivity index (χ3n) is 3.80. The van der Waals surface area contributed by atoms with Crippen molar-refractivity contribution in [3.05, 3.63) is 64.4 Å². The molecule has 0 fully saturated rings. The number of amides is 1. The van der Waals surface area contributed by atoms with Crippen LogP contribution in [0.25, 0.3) is 0 Å². The number of hydrogen-bond donors (Lipinski definition) is 1. The molecule has 1 heterocycles. The summed E-state index contributed by atoms with van der Waals surface area (Å²) in [5.41, 5.74) is 2.52. The number of nitrogens with zero attached hydrogens (tertiary/aromatic N) is 1. The molecule has 0 aliphatic carbocycles. The van der Waals surface area contributed by atoms with E-state index in [0.29, 0.717) is 5.92 Å². The first-order valence-electron chi connectivity index (χ1n) is 8.52. The third kappa shape index (κ3) is 6.15. The largest absolute Gasteiger partial charge is 0.452 e. The van der Waals surface area contributed by atoms with Crippen molar-refractivity contribution in [1.82, 2.24) is 10.3 Å². The molecular weight excluding hydrogens is 352 g/mol. The molecule has 6 heteroatoms. The minimum atomic E-state index is -0.616. The molecule has 5 nitrogen and oxygen atoms in total. The molecule has 2 rings (SSSR count). The Morgan fingerprint density at radius 1 is 1.12 bits per heavy atom. The number of rotatable bonds is 7. The minimum Gasteiger partial charge on any atom is -0.452 e. The summed E-state index contributed by atoms with van der Waals surface area (Å²) in [5, 5.41) is 3.10. The molecule has 2 aromatic rings. The van der Waals surface area contributed by atoms with Crippen LogP contribution in [0.5, 0.6) is 0 Å². The Labute approximate surface area is 158 Å². The minimum absolute atomic E-state index is 0.175. The van der Waals surface area contributed by atoms with E-state index in [4.69, 9.17) is 16.3 Å². The summed E-state index contributed by atoms with van der Waals surface area (Å²) in [6.45, 7) is 5.90. The van der Waals surface area contributed by atoms with Gasteiger partial charge in [0, 0.05) is 6.20 Å². The van der Waals surface area contributed by atoms with Crippen molar-refractivity contribution < 1.29 is 14.3 Å². The number of pyridine rings is 1. The molecule has 0 radical (unpaired) electrons. The van der Waals surface area contributed by atoms with Crippen LogP contribution in [-0.2, 0) is 16.0 Å². The number of hydrogen-bond acceptors (Lipinski definition) is 4. The zero-order valence-electron chi connectivity index (χ0n) is 15.2. The number of esters is 1. The van der Waals surface area contributed by atoms with Crippen LogP contribution >= 0.6 is 11.6 Å². The lowest BCUT2D eigenvalue weighted by atomic mass is 10.00. The Balaban J connectivity index is 1.83. The lowest BCUT2D eigenvalue weighted by Gasteiger charge is -2.15. The molecule has 1 N–H and O–H groups in total. The van der Waals surface area contributed by atoms with Crippen LogP contribution in [0.3, 0.4) is 0 Å². The standard InChI is InChI=1S/C20H23ClN2O3/c1-13(2)10-15-4-6-16(7-5-15)14(3)23-19(24)12-26-20(25)17-8-9-18(21)22-11-17/h4-9,11,13-14H,10,12H2,1-3H3,(H,23,24)/t14-/m1/s1. The first kappa shape index (κ1) is 19.9. The first-order valence-corrected chi connectivity index (χ1v) is 8.90. The van der Waals surface area contributed by atoms with Crippen LogP contribution in [0.4, 0.5) is 0 Å². The van der Waals surface area contributed by atoms with Gasteiger partial charge in [-0.3, -0.25) is 4.79 Å². The van der Waals surface area contributed by atoms with Crippen LogP contribution in [-0.4, -0.2) is 23.5 Å². The molecular formula is C20H23ClN2O3. The van der Waals surface area contributed by atoms with Gasteiger partial charge in [-0.1, -0.05) is 49.7 Å². The Kier molecular flexibility index (Phi) is 7.16. The van der Waals surface area contributed by atoms with E-state index in [1.165, 1.54) is 23.9 Å². The van der Waals surface area contributed by atoms with Crippen molar-refractivity contribution in [2.75, 3.05) is 6.61 Å². The predicted molar refractivity (Wildman–Crippen MR) is 101 cm³/mol. The molecule has 0 unspecified atom stereocenters. The molecule has 1 aromatic heterocycles. The summed E-state index contributed by atoms with van der Waals surface area (Å²) in [4.78, 5) is 27.7. The van der Waals surface area contributed by atoms with Crippen molar-refractivity contribution in [2.24, 2.45) is 5.92 Å². The highest BCUT2D eigenvalue weighted by molar-refractivity contribution is 6.29. The van der Waals surface area contributed by atoms with Gasteiger partial charge in [0.1, 0.15) is 5.15 Å². The number of carbonyl (C=O) groups is 2. The van der Waals surface area contributed by atoms with Crippen LogP contribution in [0.2, 0.25) is 5.15 Å². The molecule has 0 saturated heterocycles. The maximum absolute atomic E-state index is 12.0. The van der Waals surface area contributed by atoms with Gasteiger partial charge in [0.2, 0.25) is 0 Å². The predicted octanol–water partition coefficient (Wildman–Crippen LogP) is 3.97. The maximum Gasteiger partial charge on any atom is 0.340 e. The van der Waals surface area contributed by atoms with Gasteiger partial charge >= 0.3 is 5.97 Å². The molecule has 0 bridgehead atoms. The van der Waals surface area contributed by atoms with E-state index in [9.17, 15) is 9.59 Å². The average Bonchev–Trinajstić information content (AvgIpc) is 2.60. The second-order valence-electron chi connectivity index (χ2n) is 6.57. The van der Waals surface area contributed by atoms with E-state index in [2.05, 4.69) is 36.3 Å². The molecule has 138 valence electrons. The van der Waals surface area contributed by atoms with Crippen molar-refractivity contribution in [3.8, 4) is 0 Å². The molecule has 1 amide bonds. The average molecular weight is 375 g/mol. The Hall–Kier alpha value is -2.40. The summed E-state index contributed by atoms with van der Waals surface area (Å²) in [6, 6.07) is 11.0. The maximum atomic E-state index is 12.0. The zero-order valence-corrected chi connectivity index (χ0v) is 15.9. The fourth-order valence-corrected chi connectivity index (χ4v) is 2.60. The van der Waals surface area contributed by atoms with Crippen molar-refractivity contribution >= 4 is 23.5 Å². The van der Waals surface area contributed by atoms with Gasteiger partial charge in [-0.25, -0.2) is 9.78 Å². The Bertz CT molecular complexity index is 743. The summed E-state index contributed by atoms with van der Waals surface area (Å²) >= 11 is 5.67. The van der Waals surface area contributed by atoms with E-state index < -0.39 is 5.97 Å². The molecule has 0 aliphatic heterocycles. The summed E-state index contributed by atoms with van der Waals surface area (Å²) in [6.07, 6.45) is 2.33. The quantitative estimate of drug-likeness (QED) is 0.588. The highest BCUT2D eigenvalue weighted by Gasteiger charge is 2.13. The Morgan fingerprint density at radius 3 is 2.38 bits per heavy atom. The second kappa shape index (κ2) is 9.34. The van der Waals surface area contributed by atoms with E-state index >= 15 is 0 Å². The number of carbonyl (C=O) groups excluding carboxylic acids is 2. The van der Waals surface area contributed by atoms with Crippen LogP contribution in [0.15, 0.2) is 42.6 Å². The third-order valence-corrected chi connectivity index (χ3v) is 4.02. The number of halogens is 1. The summed E-state index contributed by atoms with van der Waals surface area (Å²) in [5.74, 6) is -0.377. The lowest BCUT2D eigenvalue weighted by molar-refractivity contribution is -0.124. The fourth-order valence-electron chi connectivity index (χ4n) is 2.49. The van der Waals surface area contributed by atoms with Gasteiger partial charge in [0.15, 0.2) is 6.61 Å². The van der Waals surface area contributed by atoms with Gasteiger partial charge in [-0.05, 0) is 42.5 Å². The van der Waals surface area contributed by atoms with E-state index in [0.717, 1.165) is 12.0 Å². The monoisotopic (exact) mass is 374 g/mol. The molecule has 0 saturated carbocycles. The SMILES string of the molecule is CC(C)Cc1ccc([C@@H](C)NC(=O)COC(=O)c2ccc(Cl)nc2)cc1. The van der Waals surface area contributed by atoms with E-state index in [1.54, 1.807) is 0 Å². The van der Waals surface area contributed by atoms with E-state index in [1.807, 2.05) is 19.1 Å². The van der Waals surface area contributed by atoms with Gasteiger partial charge in [0.25, 0.3) is 5.91 Å². The smallest absolute Gasteiger partial charge is 0.340 e. The summed E-state index contributed by atoms with van der Waals surface area (Å²) in [7, 11) is 0. The van der Waals surface area contributed by atoms with Gasteiger partial charge < -0.3 is 10.1 Å². The molecule has 26 heavy (non-hydrogen) atoms. The molecule has 0 aliphatic rings. The van der Waals surface area contributed by atoms with Gasteiger partial charge in [-0.2, -0.15) is 0 Å². The number of aromatic nitrogens is 1. The second-order valence-corrected chi connectivity index (χ2v) is 6.96. The highest BCUT2D eigenvalue weighted by Crippen LogP contribution is 2.15. The first-order chi connectivity index (χ1) is 12.3. The van der Waals surface area contributed by atoms with Gasteiger partial charge in [0.05, 0.1) is 11.6 Å². The highest BCUT2D eigenvalue weighted by atomic mass is 35.5. The number of ether oxygens (including phenoxy) is 1. The Morgan fingerprint density at radius 2 is 1.81 bits per heavy atom. The van der Waals surface area contributed by atoms with E-state index in [-0.39, 0.29) is 29.3 Å². The normalized spacial score (nSPS) is 11.9. The van der Waals surface area contributed by atoms with Crippen LogP contribution in [0.1, 0.15) is 48.3 Å². The van der Waals surface area contributed by atoms with Crippen molar-refractivity contribution in [3.63, 3.8) is 0 Å². The molecule has 1 atom stereocenters.